The highest BCUT2D eigenvalue weighted by atomic mass is 32.1. The molecule has 2 saturated heterocycles. The average Bonchev–Trinajstić information content (AvgIpc) is 3.60. The van der Waals surface area contributed by atoms with Crippen molar-refractivity contribution in [3.63, 3.8) is 0 Å². The number of hydrogen-bond acceptors (Lipinski definition) is 7. The number of nitrogens with two attached hydrogens (primary N) is 1. The fourth-order valence-corrected chi connectivity index (χ4v) is 6.23. The van der Waals surface area contributed by atoms with Gasteiger partial charge in [-0.25, -0.2) is 9.78 Å². The zero-order chi connectivity index (χ0) is 27.8. The number of carbonyl (C=O) groups excluding carboxylic acids is 3. The van der Waals surface area contributed by atoms with Gasteiger partial charge in [0.25, 0.3) is 11.8 Å². The van der Waals surface area contributed by atoms with Crippen molar-refractivity contribution < 1.29 is 14.4 Å². The third-order valence-corrected chi connectivity index (χ3v) is 8.47. The number of rotatable bonds is 5. The summed E-state index contributed by atoms with van der Waals surface area (Å²) in [4.78, 5) is 52.0. The van der Waals surface area contributed by atoms with E-state index in [1.807, 2.05) is 34.5 Å². The van der Waals surface area contributed by atoms with Crippen LogP contribution in [0.2, 0.25) is 0 Å². The lowest BCUT2D eigenvalue weighted by atomic mass is 10.0. The number of benzene rings is 2. The molecule has 0 aliphatic carbocycles. The Morgan fingerprint density at radius 2 is 1.93 bits per heavy atom. The summed E-state index contributed by atoms with van der Waals surface area (Å²) in [7, 11) is 2.06. The summed E-state index contributed by atoms with van der Waals surface area (Å²) in [6.07, 6.45) is 3.40. The van der Waals surface area contributed by atoms with Crippen molar-refractivity contribution in [2.24, 2.45) is 5.73 Å². The smallest absolute Gasteiger partial charge is 0.321 e. The first-order valence-electron chi connectivity index (χ1n) is 13.5. The van der Waals surface area contributed by atoms with Crippen molar-refractivity contribution in [1.29, 1.82) is 0 Å². The van der Waals surface area contributed by atoms with Crippen LogP contribution in [-0.2, 0) is 0 Å². The molecule has 208 valence electrons. The van der Waals surface area contributed by atoms with Crippen LogP contribution in [0, 0.1) is 0 Å². The number of aromatic amines is 1. The topological polar surface area (TPSA) is 140 Å². The van der Waals surface area contributed by atoms with Crippen LogP contribution in [0.15, 0.2) is 41.9 Å². The number of nitrogens with one attached hydrogen (secondary N) is 3. The molecule has 4 heterocycles. The van der Waals surface area contributed by atoms with Crippen molar-refractivity contribution in [3.05, 3.63) is 53.0 Å². The summed E-state index contributed by atoms with van der Waals surface area (Å²) >= 11 is 1.37. The number of piperidine rings is 1. The number of amides is 4. The molecule has 2 aromatic carbocycles. The van der Waals surface area contributed by atoms with Crippen molar-refractivity contribution in [2.75, 3.05) is 56.5 Å². The number of piperazine rings is 1. The molecular formula is C28H32N8O3S. The first-order valence-corrected chi connectivity index (χ1v) is 14.3. The van der Waals surface area contributed by atoms with Gasteiger partial charge in [-0.1, -0.05) is 6.07 Å². The summed E-state index contributed by atoms with van der Waals surface area (Å²) in [5, 5.41) is 10.0. The molecule has 5 N–H and O–H groups in total. The Morgan fingerprint density at radius 3 is 2.67 bits per heavy atom. The number of thiazole rings is 1. The molecule has 6 rings (SSSR count). The standard InChI is InChI=1S/C28H32N8O3S/c1-34-10-12-35(13-11-34)26(38)17-4-5-19-21(15-17)32-24-20(25(29)37)6-7-22(23(19)24)36-9-2-3-18(16-36)31-27(39)33-28-30-8-14-40-28/h4-8,14-15,18,32H,2-3,9-13,16H2,1H3,(H2,29,37)(H2,30,31,33,39). The van der Waals surface area contributed by atoms with Crippen molar-refractivity contribution in [3.8, 4) is 0 Å². The molecule has 2 aromatic heterocycles. The van der Waals surface area contributed by atoms with Gasteiger partial charge >= 0.3 is 6.03 Å². The second-order valence-corrected chi connectivity index (χ2v) is 11.3. The Hall–Kier alpha value is -4.16. The van der Waals surface area contributed by atoms with Crippen molar-refractivity contribution in [1.82, 2.24) is 25.1 Å². The zero-order valence-electron chi connectivity index (χ0n) is 22.3. The Kier molecular flexibility index (Phi) is 7.03. The predicted octanol–water partition coefficient (Wildman–Crippen LogP) is 3.05. The Bertz CT molecular complexity index is 1580. The molecule has 4 aromatic rings. The van der Waals surface area contributed by atoms with Gasteiger partial charge in [0.15, 0.2) is 5.13 Å². The fraction of sp³-hybridized carbons (Fsp3) is 0.357. The SMILES string of the molecule is CN1CCN(C(=O)c2ccc3c(c2)[nH]c2c(C(N)=O)ccc(N4CCCC(NC(=O)Nc5nccs5)C4)c23)CC1. The first-order chi connectivity index (χ1) is 19.4. The van der Waals surface area contributed by atoms with E-state index in [-0.39, 0.29) is 18.0 Å². The summed E-state index contributed by atoms with van der Waals surface area (Å²) < 4.78 is 0. The van der Waals surface area contributed by atoms with Gasteiger partial charge in [-0.2, -0.15) is 0 Å². The van der Waals surface area contributed by atoms with E-state index in [0.717, 1.165) is 54.5 Å². The monoisotopic (exact) mass is 560 g/mol. The highest BCUT2D eigenvalue weighted by molar-refractivity contribution is 7.13. The van der Waals surface area contributed by atoms with Gasteiger partial charge in [-0.05, 0) is 44.2 Å². The third-order valence-electron chi connectivity index (χ3n) is 7.78. The molecule has 0 spiro atoms. The Balaban J connectivity index is 1.30. The van der Waals surface area contributed by atoms with Gasteiger partial charge in [0, 0.05) is 84.4 Å². The van der Waals surface area contributed by atoms with Gasteiger partial charge in [0.2, 0.25) is 0 Å². The molecule has 0 bridgehead atoms. The summed E-state index contributed by atoms with van der Waals surface area (Å²) in [6, 6.07) is 9.02. The van der Waals surface area contributed by atoms with E-state index in [4.69, 9.17) is 5.73 Å². The van der Waals surface area contributed by atoms with Crippen LogP contribution >= 0.6 is 11.3 Å². The molecule has 1 atom stereocenters. The lowest BCUT2D eigenvalue weighted by Crippen LogP contribution is -2.49. The summed E-state index contributed by atoms with van der Waals surface area (Å²) in [5.74, 6) is -0.515. The van der Waals surface area contributed by atoms with E-state index in [1.54, 1.807) is 12.3 Å². The third kappa shape index (κ3) is 5.07. The molecule has 4 amide bonds. The van der Waals surface area contributed by atoms with Crippen molar-refractivity contribution in [2.45, 2.75) is 18.9 Å². The van der Waals surface area contributed by atoms with Gasteiger partial charge < -0.3 is 30.7 Å². The number of nitrogens with zero attached hydrogens (tertiary/aromatic N) is 4. The number of primary amides is 1. The number of hydrogen-bond donors (Lipinski definition) is 4. The summed E-state index contributed by atoms with van der Waals surface area (Å²) in [6.45, 7) is 4.52. The maximum atomic E-state index is 13.2. The van der Waals surface area contributed by atoms with E-state index in [9.17, 15) is 14.4 Å². The second kappa shape index (κ2) is 10.8. The molecule has 1 unspecified atom stereocenters. The van der Waals surface area contributed by atoms with Crippen LogP contribution in [0.5, 0.6) is 0 Å². The van der Waals surface area contributed by atoms with E-state index in [1.165, 1.54) is 11.3 Å². The van der Waals surface area contributed by atoms with Crippen LogP contribution in [0.3, 0.4) is 0 Å². The number of likely N-dealkylation sites (N-methyl/N-ethyl adjacent to an activating group) is 1. The number of aromatic nitrogens is 2. The summed E-state index contributed by atoms with van der Waals surface area (Å²) in [5.41, 5.74) is 9.15. The predicted molar refractivity (Wildman–Crippen MR) is 157 cm³/mol. The molecule has 0 saturated carbocycles. The molecule has 2 aliphatic heterocycles. The van der Waals surface area contributed by atoms with Gasteiger partial charge in [0.05, 0.1) is 11.1 Å². The number of H-pyrrole nitrogens is 1. The molecular weight excluding hydrogens is 528 g/mol. The largest absolute Gasteiger partial charge is 0.369 e. The molecule has 0 radical (unpaired) electrons. The van der Waals surface area contributed by atoms with E-state index < -0.39 is 5.91 Å². The maximum Gasteiger partial charge on any atom is 0.321 e. The Labute approximate surface area is 235 Å². The lowest BCUT2D eigenvalue weighted by molar-refractivity contribution is 0.0664. The fourth-order valence-electron chi connectivity index (χ4n) is 5.71. The van der Waals surface area contributed by atoms with Gasteiger partial charge in [0.1, 0.15) is 0 Å². The van der Waals surface area contributed by atoms with Crippen LogP contribution in [-0.4, -0.2) is 90.0 Å². The number of fused-ring (bicyclic) bond motifs is 3. The highest BCUT2D eigenvalue weighted by Gasteiger charge is 2.26. The minimum Gasteiger partial charge on any atom is -0.369 e. The van der Waals surface area contributed by atoms with E-state index in [0.29, 0.717) is 41.4 Å². The number of carbonyl (C=O) groups is 3. The number of anilines is 2. The van der Waals surface area contributed by atoms with Crippen molar-refractivity contribution >= 4 is 61.8 Å². The minimum atomic E-state index is -0.520. The molecule has 40 heavy (non-hydrogen) atoms. The first kappa shape index (κ1) is 26.1. The van der Waals surface area contributed by atoms with E-state index >= 15 is 0 Å². The molecule has 2 fully saturated rings. The zero-order valence-corrected chi connectivity index (χ0v) is 23.1. The quantitative estimate of drug-likeness (QED) is 0.296. The van der Waals surface area contributed by atoms with Crippen LogP contribution in [0.1, 0.15) is 33.6 Å². The highest BCUT2D eigenvalue weighted by Crippen LogP contribution is 2.37. The van der Waals surface area contributed by atoms with Gasteiger partial charge in [-0.15, -0.1) is 11.3 Å². The van der Waals surface area contributed by atoms with Gasteiger partial charge in [-0.3, -0.25) is 14.9 Å². The van der Waals surface area contributed by atoms with Crippen LogP contribution in [0.4, 0.5) is 15.6 Å². The average molecular weight is 561 g/mol. The normalized spacial score (nSPS) is 18.3. The van der Waals surface area contributed by atoms with E-state index in [2.05, 4.69) is 37.4 Å². The molecule has 2 aliphatic rings. The molecule has 12 heteroatoms. The second-order valence-electron chi connectivity index (χ2n) is 10.4. The van der Waals surface area contributed by atoms with Crippen LogP contribution in [0.25, 0.3) is 21.8 Å². The Morgan fingerprint density at radius 1 is 1.10 bits per heavy atom. The maximum absolute atomic E-state index is 13.2. The number of urea groups is 1. The minimum absolute atomic E-state index is 0.00461. The van der Waals surface area contributed by atoms with Crippen LogP contribution < -0.4 is 21.3 Å². The lowest BCUT2D eigenvalue weighted by Gasteiger charge is -2.35. The molecule has 11 nitrogen and oxygen atoms in total.